The maximum absolute atomic E-state index is 6.27. The number of benzene rings is 1. The van der Waals surface area contributed by atoms with Gasteiger partial charge in [-0.05, 0) is 19.9 Å². The third kappa shape index (κ3) is 3.50. The van der Waals surface area contributed by atoms with Gasteiger partial charge >= 0.3 is 0 Å². The molecule has 0 fully saturated rings. The molecule has 1 atom stereocenters. The second-order valence-electron chi connectivity index (χ2n) is 7.16. The molecular formula is C21H18ClN9O. The first-order valence-electron chi connectivity index (χ1n) is 9.78. The molecule has 11 heteroatoms. The number of anilines is 2. The van der Waals surface area contributed by atoms with Crippen molar-refractivity contribution in [3.8, 4) is 22.7 Å². The van der Waals surface area contributed by atoms with Crippen molar-refractivity contribution in [2.24, 2.45) is 0 Å². The van der Waals surface area contributed by atoms with Crippen molar-refractivity contribution < 1.29 is 4.52 Å². The van der Waals surface area contributed by atoms with Gasteiger partial charge in [-0.15, -0.1) is 0 Å². The smallest absolute Gasteiger partial charge is 0.265 e. The molecule has 0 saturated carbocycles. The van der Waals surface area contributed by atoms with Crippen LogP contribution in [0.4, 0.5) is 11.6 Å². The highest BCUT2D eigenvalue weighted by Crippen LogP contribution is 2.34. The Morgan fingerprint density at radius 3 is 2.72 bits per heavy atom. The van der Waals surface area contributed by atoms with E-state index in [1.807, 2.05) is 43.3 Å². The molecule has 4 heterocycles. The second-order valence-corrected chi connectivity index (χ2v) is 7.55. The van der Waals surface area contributed by atoms with E-state index in [1.165, 1.54) is 6.33 Å². The zero-order valence-corrected chi connectivity index (χ0v) is 17.9. The van der Waals surface area contributed by atoms with Crippen LogP contribution in [0.5, 0.6) is 0 Å². The molecule has 3 N–H and O–H groups in total. The van der Waals surface area contributed by atoms with Gasteiger partial charge in [0.2, 0.25) is 0 Å². The van der Waals surface area contributed by atoms with E-state index in [2.05, 4.69) is 30.4 Å². The maximum atomic E-state index is 6.27. The number of fused-ring (bicyclic) bond motifs is 1. The monoisotopic (exact) mass is 447 g/mol. The Hall–Kier alpha value is -4.05. The van der Waals surface area contributed by atoms with Crippen LogP contribution in [0.1, 0.15) is 24.4 Å². The first kappa shape index (κ1) is 19.9. The third-order valence-corrected chi connectivity index (χ3v) is 5.22. The second kappa shape index (κ2) is 7.89. The lowest BCUT2D eigenvalue weighted by Crippen LogP contribution is -2.13. The fourth-order valence-electron chi connectivity index (χ4n) is 3.45. The molecule has 0 aliphatic heterocycles. The van der Waals surface area contributed by atoms with Crippen molar-refractivity contribution in [3.05, 3.63) is 65.5 Å². The predicted molar refractivity (Wildman–Crippen MR) is 120 cm³/mol. The molecule has 160 valence electrons. The highest BCUT2D eigenvalue weighted by atomic mass is 35.5. The molecule has 10 nitrogen and oxygen atoms in total. The van der Waals surface area contributed by atoms with Gasteiger partial charge in [0.1, 0.15) is 23.5 Å². The highest BCUT2D eigenvalue weighted by molar-refractivity contribution is 6.29. The summed E-state index contributed by atoms with van der Waals surface area (Å²) in [6, 6.07) is 11.6. The summed E-state index contributed by atoms with van der Waals surface area (Å²) in [6.45, 7) is 3.72. The van der Waals surface area contributed by atoms with Gasteiger partial charge in [-0.1, -0.05) is 47.1 Å². The first-order chi connectivity index (χ1) is 15.5. The van der Waals surface area contributed by atoms with Crippen LogP contribution in [0.15, 0.2) is 53.4 Å². The molecule has 1 unspecified atom stereocenters. The lowest BCUT2D eigenvalue weighted by Gasteiger charge is -2.19. The van der Waals surface area contributed by atoms with Crippen molar-refractivity contribution in [1.29, 1.82) is 0 Å². The predicted octanol–water partition coefficient (Wildman–Crippen LogP) is 3.95. The molecule has 5 rings (SSSR count). The number of nitrogens with two attached hydrogens (primary N) is 1. The lowest BCUT2D eigenvalue weighted by atomic mass is 10.0. The van der Waals surface area contributed by atoms with Crippen molar-refractivity contribution in [2.75, 3.05) is 11.1 Å². The van der Waals surface area contributed by atoms with E-state index in [4.69, 9.17) is 27.0 Å². The molecule has 0 amide bonds. The summed E-state index contributed by atoms with van der Waals surface area (Å²) in [7, 11) is 0. The number of nitrogens with one attached hydrogen (secondary N) is 1. The molecular weight excluding hydrogens is 430 g/mol. The largest absolute Gasteiger partial charge is 0.383 e. The van der Waals surface area contributed by atoms with Crippen molar-refractivity contribution in [3.63, 3.8) is 0 Å². The summed E-state index contributed by atoms with van der Waals surface area (Å²) in [5.41, 5.74) is 9.79. The minimum atomic E-state index is -0.241. The zero-order valence-electron chi connectivity index (χ0n) is 17.2. The Balaban J connectivity index is 1.61. The number of hydrogen-bond donors (Lipinski definition) is 2. The molecule has 0 aliphatic rings. The summed E-state index contributed by atoms with van der Waals surface area (Å²) in [5, 5.41) is 12.4. The fraction of sp³-hybridized carbons (Fsp3) is 0.143. The Bertz CT molecular complexity index is 1410. The van der Waals surface area contributed by atoms with Crippen LogP contribution in [0, 0.1) is 6.92 Å². The van der Waals surface area contributed by atoms with Crippen LogP contribution in [0.2, 0.25) is 5.15 Å². The molecule has 0 bridgehead atoms. The van der Waals surface area contributed by atoms with Gasteiger partial charge in [0.25, 0.3) is 5.89 Å². The van der Waals surface area contributed by atoms with Gasteiger partial charge in [-0.2, -0.15) is 10.1 Å². The van der Waals surface area contributed by atoms with Crippen LogP contribution >= 0.6 is 11.6 Å². The summed E-state index contributed by atoms with van der Waals surface area (Å²) in [4.78, 5) is 17.1. The van der Waals surface area contributed by atoms with E-state index >= 15 is 0 Å². The Morgan fingerprint density at radius 1 is 1.16 bits per heavy atom. The number of aryl methyl sites for hydroxylation is 1. The third-order valence-electron chi connectivity index (χ3n) is 4.97. The molecule has 32 heavy (non-hydrogen) atoms. The van der Waals surface area contributed by atoms with Gasteiger partial charge in [0, 0.05) is 11.1 Å². The van der Waals surface area contributed by atoms with Crippen LogP contribution in [-0.2, 0) is 0 Å². The van der Waals surface area contributed by atoms with E-state index in [-0.39, 0.29) is 17.8 Å². The van der Waals surface area contributed by atoms with Crippen LogP contribution in [0.3, 0.4) is 0 Å². The summed E-state index contributed by atoms with van der Waals surface area (Å²) >= 11 is 6.27. The van der Waals surface area contributed by atoms with E-state index < -0.39 is 0 Å². The minimum Gasteiger partial charge on any atom is -0.383 e. The Kier molecular flexibility index (Phi) is 4.91. The van der Waals surface area contributed by atoms with Crippen molar-refractivity contribution in [2.45, 2.75) is 19.9 Å². The quantitative estimate of drug-likeness (QED) is 0.410. The summed E-state index contributed by atoms with van der Waals surface area (Å²) in [6.07, 6.45) is 2.95. The molecule has 0 saturated heterocycles. The van der Waals surface area contributed by atoms with Gasteiger partial charge in [-0.25, -0.2) is 19.5 Å². The first-order valence-corrected chi connectivity index (χ1v) is 10.2. The van der Waals surface area contributed by atoms with E-state index in [9.17, 15) is 0 Å². The molecule has 0 spiro atoms. The molecule has 0 aliphatic carbocycles. The van der Waals surface area contributed by atoms with Crippen LogP contribution < -0.4 is 11.1 Å². The van der Waals surface area contributed by atoms with Crippen molar-refractivity contribution >= 4 is 28.9 Å². The van der Waals surface area contributed by atoms with Crippen LogP contribution in [0.25, 0.3) is 28.4 Å². The van der Waals surface area contributed by atoms with Gasteiger partial charge in [0.15, 0.2) is 16.6 Å². The number of aromatic nitrogens is 7. The van der Waals surface area contributed by atoms with E-state index in [0.29, 0.717) is 28.0 Å². The van der Waals surface area contributed by atoms with Gasteiger partial charge in [-0.3, -0.25) is 0 Å². The van der Waals surface area contributed by atoms with Gasteiger partial charge in [0.05, 0.1) is 17.9 Å². The SMILES string of the molecule is Cc1noc(-c2c(N)ncnc2NC(C)c2cc3ncc(Cl)n3nc2-c2ccccc2)n1. The average molecular weight is 448 g/mol. The Labute approximate surface area is 187 Å². The Morgan fingerprint density at radius 2 is 1.97 bits per heavy atom. The number of imidazole rings is 1. The number of halogens is 1. The molecule has 0 radical (unpaired) electrons. The summed E-state index contributed by atoms with van der Waals surface area (Å²) < 4.78 is 6.92. The average Bonchev–Trinajstić information content (AvgIpc) is 3.39. The number of rotatable bonds is 5. The minimum absolute atomic E-state index is 0.232. The van der Waals surface area contributed by atoms with E-state index in [0.717, 1.165) is 16.8 Å². The maximum Gasteiger partial charge on any atom is 0.265 e. The number of nitrogens with zero attached hydrogens (tertiary/aromatic N) is 7. The van der Waals surface area contributed by atoms with Crippen molar-refractivity contribution in [1.82, 2.24) is 34.7 Å². The standard InChI is InChI=1S/C21H18ClN9O/c1-11(27-20-17(19(23)25-10-26-20)21-28-12(2)30-32-21)14-8-16-24-9-15(22)31(16)29-18(14)13-6-4-3-5-7-13/h3-11H,1-2H3,(H3,23,25,26,27). The van der Waals surface area contributed by atoms with Gasteiger partial charge < -0.3 is 15.6 Å². The van der Waals surface area contributed by atoms with E-state index in [1.54, 1.807) is 17.6 Å². The number of hydrogen-bond acceptors (Lipinski definition) is 9. The van der Waals surface area contributed by atoms with Crippen LogP contribution in [-0.4, -0.2) is 34.7 Å². The number of nitrogen functional groups attached to an aromatic ring is 1. The molecule has 1 aromatic carbocycles. The normalized spacial score (nSPS) is 12.2. The molecule has 5 aromatic rings. The topological polar surface area (TPSA) is 133 Å². The highest BCUT2D eigenvalue weighted by Gasteiger charge is 2.22. The fourth-order valence-corrected chi connectivity index (χ4v) is 3.63. The molecule has 4 aromatic heterocycles. The zero-order chi connectivity index (χ0) is 22.2. The summed E-state index contributed by atoms with van der Waals surface area (Å²) in [5.74, 6) is 1.43. The lowest BCUT2D eigenvalue weighted by molar-refractivity contribution is 0.425.